The molecule has 2 aromatic rings. The summed E-state index contributed by atoms with van der Waals surface area (Å²) in [6, 6.07) is 3.46. The third-order valence-corrected chi connectivity index (χ3v) is 2.46. The summed E-state index contributed by atoms with van der Waals surface area (Å²) in [5, 5.41) is 3.73. The van der Waals surface area contributed by atoms with Gasteiger partial charge >= 0.3 is 5.97 Å². The predicted octanol–water partition coefficient (Wildman–Crippen LogP) is 1.78. The maximum atomic E-state index is 11.3. The lowest BCUT2D eigenvalue weighted by Gasteiger charge is -1.97. The van der Waals surface area contributed by atoms with Gasteiger partial charge in [-0.2, -0.15) is 4.98 Å². The number of ether oxygens (including phenoxy) is 1. The van der Waals surface area contributed by atoms with Crippen LogP contribution in [0.1, 0.15) is 18.7 Å². The summed E-state index contributed by atoms with van der Waals surface area (Å²) in [5.74, 6) is 1.02. The van der Waals surface area contributed by atoms with Gasteiger partial charge in [-0.15, -0.1) is 0 Å². The highest BCUT2D eigenvalue weighted by Crippen LogP contribution is 2.30. The van der Waals surface area contributed by atoms with Gasteiger partial charge in [-0.25, -0.2) is 0 Å². The zero-order valence-corrected chi connectivity index (χ0v) is 8.96. The summed E-state index contributed by atoms with van der Waals surface area (Å²) in [5.41, 5.74) is 0. The Hall–Kier alpha value is -2.11. The Morgan fingerprint density at radius 2 is 2.41 bits per heavy atom. The van der Waals surface area contributed by atoms with Crippen molar-refractivity contribution in [3.05, 3.63) is 24.3 Å². The van der Waals surface area contributed by atoms with Crippen LogP contribution in [-0.4, -0.2) is 16.1 Å². The second kappa shape index (κ2) is 4.04. The molecule has 0 atom stereocenters. The quantitative estimate of drug-likeness (QED) is 0.750. The van der Waals surface area contributed by atoms with E-state index in [0.717, 1.165) is 12.8 Å². The van der Waals surface area contributed by atoms with Crippen molar-refractivity contribution in [1.82, 2.24) is 10.1 Å². The first-order chi connectivity index (χ1) is 8.33. The van der Waals surface area contributed by atoms with Crippen molar-refractivity contribution in [2.24, 2.45) is 5.92 Å². The number of furan rings is 1. The van der Waals surface area contributed by atoms with Crippen LogP contribution in [0.5, 0.6) is 0 Å². The van der Waals surface area contributed by atoms with E-state index in [1.165, 1.54) is 6.26 Å². The van der Waals surface area contributed by atoms with Crippen molar-refractivity contribution < 1.29 is 18.5 Å². The molecule has 1 aliphatic rings. The van der Waals surface area contributed by atoms with Gasteiger partial charge in [0, 0.05) is 0 Å². The van der Waals surface area contributed by atoms with E-state index in [0.29, 0.717) is 11.6 Å². The van der Waals surface area contributed by atoms with Crippen LogP contribution in [0.2, 0.25) is 0 Å². The minimum Gasteiger partial charge on any atom is -0.461 e. The molecule has 0 unspecified atom stereocenters. The van der Waals surface area contributed by atoms with Crippen molar-refractivity contribution in [3.63, 3.8) is 0 Å². The monoisotopic (exact) mass is 234 g/mol. The molecule has 0 amide bonds. The number of aromatic nitrogens is 2. The first-order valence-electron chi connectivity index (χ1n) is 5.36. The molecular weight excluding hydrogens is 224 g/mol. The second-order valence-electron chi connectivity index (χ2n) is 3.87. The van der Waals surface area contributed by atoms with Gasteiger partial charge in [-0.1, -0.05) is 5.16 Å². The molecule has 0 aliphatic heterocycles. The van der Waals surface area contributed by atoms with Gasteiger partial charge in [0.25, 0.3) is 5.89 Å². The van der Waals surface area contributed by atoms with Gasteiger partial charge < -0.3 is 13.7 Å². The van der Waals surface area contributed by atoms with Crippen LogP contribution in [0.3, 0.4) is 0 Å². The average Bonchev–Trinajstić information content (AvgIpc) is 2.87. The molecule has 2 aromatic heterocycles. The topological polar surface area (TPSA) is 78.4 Å². The van der Waals surface area contributed by atoms with Gasteiger partial charge in [0.05, 0.1) is 12.2 Å². The number of carbonyl (C=O) groups excluding carboxylic acids is 1. The maximum Gasteiger partial charge on any atom is 0.309 e. The largest absolute Gasteiger partial charge is 0.461 e. The zero-order valence-electron chi connectivity index (χ0n) is 8.96. The van der Waals surface area contributed by atoms with Crippen molar-refractivity contribution in [2.45, 2.75) is 19.4 Å². The summed E-state index contributed by atoms with van der Waals surface area (Å²) >= 11 is 0. The summed E-state index contributed by atoms with van der Waals surface area (Å²) in [6.07, 6.45) is 3.36. The molecule has 0 aromatic carbocycles. The number of rotatable bonds is 4. The number of hydrogen-bond donors (Lipinski definition) is 0. The molecule has 2 heterocycles. The Morgan fingerprint density at radius 1 is 1.53 bits per heavy atom. The number of carbonyl (C=O) groups is 1. The maximum absolute atomic E-state index is 11.3. The Balaban J connectivity index is 1.62. The van der Waals surface area contributed by atoms with Crippen molar-refractivity contribution >= 4 is 5.97 Å². The summed E-state index contributed by atoms with van der Waals surface area (Å²) in [7, 11) is 0. The SMILES string of the molecule is O=C(OCc1nc(-c2ccco2)no1)C1CC1. The summed E-state index contributed by atoms with van der Waals surface area (Å²) in [6.45, 7) is 0.0169. The van der Waals surface area contributed by atoms with Crippen LogP contribution in [0, 0.1) is 5.92 Å². The molecule has 88 valence electrons. The van der Waals surface area contributed by atoms with Crippen LogP contribution in [-0.2, 0) is 16.1 Å². The molecule has 1 aliphatic carbocycles. The smallest absolute Gasteiger partial charge is 0.309 e. The molecular formula is C11H10N2O4. The second-order valence-corrected chi connectivity index (χ2v) is 3.87. The normalized spacial score (nSPS) is 14.8. The Morgan fingerprint density at radius 3 is 3.12 bits per heavy atom. The van der Waals surface area contributed by atoms with E-state index in [9.17, 15) is 4.79 Å². The van der Waals surface area contributed by atoms with Gasteiger partial charge in [0.2, 0.25) is 5.82 Å². The zero-order chi connectivity index (χ0) is 11.7. The van der Waals surface area contributed by atoms with Crippen LogP contribution >= 0.6 is 0 Å². The molecule has 6 heteroatoms. The number of hydrogen-bond acceptors (Lipinski definition) is 6. The Kier molecular flexibility index (Phi) is 2.40. The van der Waals surface area contributed by atoms with Gasteiger partial charge in [0.1, 0.15) is 0 Å². The number of nitrogens with zero attached hydrogens (tertiary/aromatic N) is 2. The van der Waals surface area contributed by atoms with Crippen molar-refractivity contribution in [2.75, 3.05) is 0 Å². The lowest BCUT2D eigenvalue weighted by atomic mass is 10.4. The van der Waals surface area contributed by atoms with E-state index < -0.39 is 0 Å². The van der Waals surface area contributed by atoms with Crippen LogP contribution in [0.15, 0.2) is 27.3 Å². The first-order valence-corrected chi connectivity index (χ1v) is 5.36. The fraction of sp³-hybridized carbons (Fsp3) is 0.364. The fourth-order valence-corrected chi connectivity index (χ4v) is 1.39. The standard InChI is InChI=1S/C11H10N2O4/c14-11(7-3-4-7)16-6-9-12-10(13-17-9)8-2-1-5-15-8/h1-2,5,7H,3-4,6H2. The third-order valence-electron chi connectivity index (χ3n) is 2.46. The summed E-state index contributed by atoms with van der Waals surface area (Å²) in [4.78, 5) is 15.3. The third kappa shape index (κ3) is 2.20. The van der Waals surface area contributed by atoms with Crippen molar-refractivity contribution in [3.8, 4) is 11.6 Å². The molecule has 0 N–H and O–H groups in total. The molecule has 0 spiro atoms. The Bertz CT molecular complexity index is 513. The fourth-order valence-electron chi connectivity index (χ4n) is 1.39. The molecule has 0 bridgehead atoms. The van der Waals surface area contributed by atoms with Crippen LogP contribution in [0.4, 0.5) is 0 Å². The lowest BCUT2D eigenvalue weighted by molar-refractivity contribution is -0.147. The molecule has 1 saturated carbocycles. The van der Waals surface area contributed by atoms with Crippen LogP contribution < -0.4 is 0 Å². The van der Waals surface area contributed by atoms with Gasteiger partial charge in [-0.3, -0.25) is 4.79 Å². The molecule has 6 nitrogen and oxygen atoms in total. The first kappa shape index (κ1) is 10.1. The number of esters is 1. The average molecular weight is 234 g/mol. The predicted molar refractivity (Wildman–Crippen MR) is 54.5 cm³/mol. The van der Waals surface area contributed by atoms with E-state index in [1.54, 1.807) is 12.1 Å². The lowest BCUT2D eigenvalue weighted by Crippen LogP contribution is -2.06. The minimum absolute atomic E-state index is 0.0169. The highest BCUT2D eigenvalue weighted by molar-refractivity contribution is 5.74. The highest BCUT2D eigenvalue weighted by atomic mass is 16.6. The highest BCUT2D eigenvalue weighted by Gasteiger charge is 2.31. The van der Waals surface area contributed by atoms with Gasteiger partial charge in [-0.05, 0) is 25.0 Å². The minimum atomic E-state index is -0.192. The Labute approximate surface area is 96.6 Å². The molecule has 1 fully saturated rings. The summed E-state index contributed by atoms with van der Waals surface area (Å²) < 4.78 is 15.1. The molecule has 0 saturated heterocycles. The van der Waals surface area contributed by atoms with E-state index in [2.05, 4.69) is 10.1 Å². The molecule has 17 heavy (non-hydrogen) atoms. The molecule has 3 rings (SSSR count). The van der Waals surface area contributed by atoms with E-state index in [1.807, 2.05) is 0 Å². The molecule has 0 radical (unpaired) electrons. The van der Waals surface area contributed by atoms with E-state index in [-0.39, 0.29) is 24.4 Å². The van der Waals surface area contributed by atoms with E-state index >= 15 is 0 Å². The van der Waals surface area contributed by atoms with Crippen molar-refractivity contribution in [1.29, 1.82) is 0 Å². The van der Waals surface area contributed by atoms with Crippen LogP contribution in [0.25, 0.3) is 11.6 Å². The van der Waals surface area contributed by atoms with E-state index in [4.69, 9.17) is 13.7 Å². The van der Waals surface area contributed by atoms with Gasteiger partial charge in [0.15, 0.2) is 12.4 Å².